The molecule has 0 saturated heterocycles. The molecule has 0 radical (unpaired) electrons. The van der Waals surface area contributed by atoms with Gasteiger partial charge < -0.3 is 13.3 Å². The fourth-order valence-corrected chi connectivity index (χ4v) is 10.4. The number of unbranched alkanes of at least 4 members (excludes halogenated alkanes) is 7. The highest BCUT2D eigenvalue weighted by Gasteiger charge is 2.53. The summed E-state index contributed by atoms with van der Waals surface area (Å²) in [5, 5.41) is 0. The Morgan fingerprint density at radius 1 is 0.818 bits per heavy atom. The van der Waals surface area contributed by atoms with Gasteiger partial charge in [-0.15, -0.1) is 33.2 Å². The maximum Gasteiger partial charge on any atom is 0.531 e. The Kier molecular flexibility index (Phi) is 12.8. The first-order valence-corrected chi connectivity index (χ1v) is 14.6. The van der Waals surface area contributed by atoms with Gasteiger partial charge in [-0.1, -0.05) is 51.5 Å². The zero-order chi connectivity index (χ0) is 17.1. The SMILES string of the molecule is CCCCCCCCCC=C([Si](Cl)(Cl)Cl)[Si](OC)(OC)OC. The molecule has 0 saturated carbocycles. The second-order valence-electron chi connectivity index (χ2n) is 5.19. The molecule has 0 bridgehead atoms. The molecular weight excluding hydrogens is 379 g/mol. The van der Waals surface area contributed by atoms with Crippen molar-refractivity contribution in [2.45, 2.75) is 58.3 Å². The van der Waals surface area contributed by atoms with E-state index < -0.39 is 14.8 Å². The smallest absolute Gasteiger partial charge is 0.374 e. The average molecular weight is 408 g/mol. The van der Waals surface area contributed by atoms with Crippen molar-refractivity contribution in [1.29, 1.82) is 0 Å². The summed E-state index contributed by atoms with van der Waals surface area (Å²) < 4.78 is 16.4. The molecule has 0 heterocycles. The van der Waals surface area contributed by atoms with Gasteiger partial charge in [-0.2, -0.15) is 0 Å². The standard InChI is InChI=1S/C14H29Cl3O3Si2/c1-5-6-7-8-9-10-11-12-13-14(21(15,16)17)22(18-2,19-3)20-4/h13H,5-12H2,1-4H3. The van der Waals surface area contributed by atoms with Gasteiger partial charge in [0.05, 0.1) is 0 Å². The highest BCUT2D eigenvalue weighted by molar-refractivity contribution is 7.69. The molecule has 22 heavy (non-hydrogen) atoms. The number of allylic oxidation sites excluding steroid dienone is 1. The summed E-state index contributed by atoms with van der Waals surface area (Å²) in [5.41, 5.74) is 0. The van der Waals surface area contributed by atoms with E-state index in [1.165, 1.54) is 59.9 Å². The monoisotopic (exact) mass is 406 g/mol. The summed E-state index contributed by atoms with van der Waals surface area (Å²) in [5.74, 6) is 0. The van der Waals surface area contributed by atoms with Crippen LogP contribution in [0.15, 0.2) is 10.9 Å². The minimum absolute atomic E-state index is 0.628. The topological polar surface area (TPSA) is 27.7 Å². The van der Waals surface area contributed by atoms with Crippen molar-refractivity contribution in [3.8, 4) is 0 Å². The van der Waals surface area contributed by atoms with Crippen LogP contribution in [0.25, 0.3) is 0 Å². The second kappa shape index (κ2) is 12.3. The first-order valence-electron chi connectivity index (χ1n) is 7.81. The van der Waals surface area contributed by atoms with Gasteiger partial charge in [-0.3, -0.25) is 0 Å². The first-order chi connectivity index (χ1) is 10.4. The third kappa shape index (κ3) is 8.15. The Balaban J connectivity index is 4.53. The Morgan fingerprint density at radius 2 is 1.27 bits per heavy atom. The van der Waals surface area contributed by atoms with E-state index >= 15 is 0 Å². The highest BCUT2D eigenvalue weighted by atomic mass is 35.8. The molecule has 0 amide bonds. The predicted molar refractivity (Wildman–Crippen MR) is 101 cm³/mol. The van der Waals surface area contributed by atoms with Crippen molar-refractivity contribution in [3.05, 3.63) is 10.9 Å². The van der Waals surface area contributed by atoms with Crippen LogP contribution in [0.1, 0.15) is 58.3 Å². The lowest BCUT2D eigenvalue weighted by molar-refractivity contribution is 0.137. The normalized spacial score (nSPS) is 13.7. The molecule has 0 unspecified atom stereocenters. The fourth-order valence-electron chi connectivity index (χ4n) is 2.34. The van der Waals surface area contributed by atoms with Crippen LogP contribution in [0.4, 0.5) is 0 Å². The largest absolute Gasteiger partial charge is 0.531 e. The Bertz CT molecular complexity index is 311. The lowest BCUT2D eigenvalue weighted by Gasteiger charge is -2.29. The van der Waals surface area contributed by atoms with E-state index in [1.54, 1.807) is 0 Å². The van der Waals surface area contributed by atoms with Crippen LogP contribution in [0, 0.1) is 0 Å². The molecule has 0 aliphatic heterocycles. The number of halogens is 3. The Labute approximate surface area is 151 Å². The van der Waals surface area contributed by atoms with E-state index in [-0.39, 0.29) is 0 Å². The highest BCUT2D eigenvalue weighted by Crippen LogP contribution is 2.36. The fraction of sp³-hybridized carbons (Fsp3) is 0.857. The number of hydrogen-bond acceptors (Lipinski definition) is 3. The molecule has 0 atom stereocenters. The van der Waals surface area contributed by atoms with Crippen molar-refractivity contribution < 1.29 is 13.3 Å². The molecule has 0 aromatic carbocycles. The van der Waals surface area contributed by atoms with Crippen molar-refractivity contribution >= 4 is 48.0 Å². The van der Waals surface area contributed by atoms with Crippen LogP contribution in [-0.2, 0) is 13.3 Å². The van der Waals surface area contributed by atoms with Gasteiger partial charge in [-0.25, -0.2) is 0 Å². The van der Waals surface area contributed by atoms with Crippen LogP contribution >= 0.6 is 33.2 Å². The van der Waals surface area contributed by atoms with E-state index in [0.29, 0.717) is 4.82 Å². The summed E-state index contributed by atoms with van der Waals surface area (Å²) in [6.07, 6.45) is 11.6. The van der Waals surface area contributed by atoms with Crippen molar-refractivity contribution in [2.24, 2.45) is 0 Å². The Morgan fingerprint density at radius 3 is 1.68 bits per heavy atom. The summed E-state index contributed by atoms with van der Waals surface area (Å²) >= 11 is 18.6. The summed E-state index contributed by atoms with van der Waals surface area (Å²) in [6.45, 7) is 2.23. The molecule has 3 nitrogen and oxygen atoms in total. The first kappa shape index (κ1) is 22.9. The zero-order valence-corrected chi connectivity index (χ0v) is 18.4. The lowest BCUT2D eigenvalue weighted by Crippen LogP contribution is -2.50. The van der Waals surface area contributed by atoms with E-state index in [2.05, 4.69) is 6.92 Å². The molecular formula is C14H29Cl3O3Si2. The summed E-state index contributed by atoms with van der Waals surface area (Å²) in [4.78, 5) is 0.628. The minimum atomic E-state index is -3.11. The summed E-state index contributed by atoms with van der Waals surface area (Å²) in [7, 11) is 1.56. The van der Waals surface area contributed by atoms with Crippen molar-refractivity contribution in [3.63, 3.8) is 0 Å². The number of rotatable bonds is 13. The zero-order valence-electron chi connectivity index (χ0n) is 14.1. The molecule has 132 valence electrons. The molecule has 0 aliphatic rings. The number of hydrogen-bond donors (Lipinski definition) is 0. The van der Waals surface area contributed by atoms with Crippen LogP contribution in [0.2, 0.25) is 0 Å². The molecule has 0 aromatic rings. The molecule has 0 fully saturated rings. The maximum absolute atomic E-state index is 6.21. The van der Waals surface area contributed by atoms with Crippen molar-refractivity contribution in [1.82, 2.24) is 0 Å². The summed E-state index contributed by atoms with van der Waals surface area (Å²) in [6, 6.07) is -3.11. The Hall–Kier alpha value is 0.924. The molecule has 0 N–H and O–H groups in total. The van der Waals surface area contributed by atoms with E-state index in [1.807, 2.05) is 6.08 Å². The minimum Gasteiger partial charge on any atom is -0.374 e. The van der Waals surface area contributed by atoms with Gasteiger partial charge in [0.1, 0.15) is 0 Å². The van der Waals surface area contributed by atoms with Gasteiger partial charge in [0.15, 0.2) is 0 Å². The van der Waals surface area contributed by atoms with Gasteiger partial charge in [0.2, 0.25) is 0 Å². The van der Waals surface area contributed by atoms with Gasteiger partial charge >= 0.3 is 14.8 Å². The predicted octanol–water partition coefficient (Wildman–Crippen LogP) is 5.67. The van der Waals surface area contributed by atoms with Crippen LogP contribution in [-0.4, -0.2) is 36.1 Å². The van der Waals surface area contributed by atoms with Crippen molar-refractivity contribution in [2.75, 3.05) is 21.3 Å². The average Bonchev–Trinajstić information content (AvgIpc) is 2.48. The second-order valence-corrected chi connectivity index (χ2v) is 16.9. The van der Waals surface area contributed by atoms with Gasteiger partial charge in [0, 0.05) is 26.1 Å². The van der Waals surface area contributed by atoms with Gasteiger partial charge in [-0.05, 0) is 12.8 Å². The van der Waals surface area contributed by atoms with E-state index in [9.17, 15) is 0 Å². The van der Waals surface area contributed by atoms with Crippen LogP contribution < -0.4 is 0 Å². The van der Waals surface area contributed by atoms with E-state index in [0.717, 1.165) is 12.8 Å². The lowest BCUT2D eigenvalue weighted by atomic mass is 10.1. The van der Waals surface area contributed by atoms with Crippen LogP contribution in [0.5, 0.6) is 0 Å². The quantitative estimate of drug-likeness (QED) is 0.224. The van der Waals surface area contributed by atoms with Crippen LogP contribution in [0.3, 0.4) is 0 Å². The maximum atomic E-state index is 6.21. The molecule has 0 aliphatic carbocycles. The third-order valence-electron chi connectivity index (χ3n) is 3.60. The molecule has 0 rings (SSSR count). The molecule has 0 spiro atoms. The third-order valence-corrected chi connectivity index (χ3v) is 12.2. The molecule has 8 heteroatoms. The molecule has 0 aromatic heterocycles. The van der Waals surface area contributed by atoms with E-state index in [4.69, 9.17) is 46.5 Å². The van der Waals surface area contributed by atoms with Gasteiger partial charge in [0.25, 0.3) is 0 Å².